The van der Waals surface area contributed by atoms with Gasteiger partial charge in [-0.1, -0.05) is 190 Å². The Morgan fingerprint density at radius 2 is 1.02 bits per heavy atom. The van der Waals surface area contributed by atoms with Gasteiger partial charge in [0.1, 0.15) is 11.2 Å². The van der Waals surface area contributed by atoms with Crippen LogP contribution in [0.2, 0.25) is 0 Å². The van der Waals surface area contributed by atoms with Crippen LogP contribution in [0.4, 0.5) is 17.1 Å². The highest BCUT2D eigenvalue weighted by Gasteiger charge is 2.41. The molecule has 1 heterocycles. The van der Waals surface area contributed by atoms with E-state index in [1.54, 1.807) is 0 Å². The van der Waals surface area contributed by atoms with Gasteiger partial charge in [0.25, 0.3) is 0 Å². The lowest BCUT2D eigenvalue weighted by Crippen LogP contribution is -2.22. The second-order valence-electron chi connectivity index (χ2n) is 18.5. The van der Waals surface area contributed by atoms with Crippen molar-refractivity contribution in [3.05, 3.63) is 246 Å². The van der Waals surface area contributed by atoms with Crippen molar-refractivity contribution < 1.29 is 4.42 Å². The van der Waals surface area contributed by atoms with Crippen molar-refractivity contribution in [1.82, 2.24) is 0 Å². The van der Waals surface area contributed by atoms with Crippen molar-refractivity contribution in [2.24, 2.45) is 0 Å². The van der Waals surface area contributed by atoms with Crippen molar-refractivity contribution in [1.29, 1.82) is 0 Å². The molecule has 2 nitrogen and oxygen atoms in total. The first kappa shape index (κ1) is 37.6. The molecular weight excluding hydrogens is 787 g/mol. The Labute approximate surface area is 379 Å². The van der Waals surface area contributed by atoms with E-state index in [4.69, 9.17) is 4.42 Å². The Morgan fingerprint density at radius 1 is 0.400 bits per heavy atom. The third kappa shape index (κ3) is 5.41. The maximum atomic E-state index is 6.75. The first-order chi connectivity index (χ1) is 31.9. The Morgan fingerprint density at radius 3 is 1.85 bits per heavy atom. The number of furan rings is 1. The highest BCUT2D eigenvalue weighted by molar-refractivity contribution is 6.19. The van der Waals surface area contributed by atoms with Crippen LogP contribution in [0.5, 0.6) is 0 Å². The molecule has 1 atom stereocenters. The van der Waals surface area contributed by atoms with Crippen LogP contribution < -0.4 is 4.90 Å². The molecule has 65 heavy (non-hydrogen) atoms. The number of benzene rings is 10. The number of hydrogen-bond donors (Lipinski definition) is 0. The molecule has 308 valence electrons. The van der Waals surface area contributed by atoms with Gasteiger partial charge in [0.15, 0.2) is 0 Å². The summed E-state index contributed by atoms with van der Waals surface area (Å²) in [6.45, 7) is 7.14. The summed E-state index contributed by atoms with van der Waals surface area (Å²) in [4.78, 5) is 2.47. The molecule has 0 spiro atoms. The van der Waals surface area contributed by atoms with E-state index >= 15 is 0 Å². The molecule has 1 unspecified atom stereocenters. The van der Waals surface area contributed by atoms with Gasteiger partial charge >= 0.3 is 0 Å². The van der Waals surface area contributed by atoms with Crippen LogP contribution in [0.25, 0.3) is 77.2 Å². The zero-order valence-corrected chi connectivity index (χ0v) is 36.6. The number of fused-ring (bicyclic) bond motifs is 11. The van der Waals surface area contributed by atoms with Crippen LogP contribution in [0.1, 0.15) is 48.6 Å². The largest absolute Gasteiger partial charge is 0.455 e. The Hall–Kier alpha value is -7.94. The van der Waals surface area contributed by atoms with E-state index in [-0.39, 0.29) is 10.8 Å². The third-order valence-corrected chi connectivity index (χ3v) is 14.7. The maximum Gasteiger partial charge on any atom is 0.143 e. The van der Waals surface area contributed by atoms with E-state index in [1.165, 1.54) is 66.6 Å². The van der Waals surface area contributed by atoms with Crippen LogP contribution in [0, 0.1) is 0 Å². The zero-order chi connectivity index (χ0) is 43.4. The second kappa shape index (κ2) is 14.0. The lowest BCUT2D eigenvalue weighted by Gasteiger charge is -2.32. The predicted molar refractivity (Wildman–Crippen MR) is 272 cm³/mol. The lowest BCUT2D eigenvalue weighted by molar-refractivity contribution is 0.662. The summed E-state index contributed by atoms with van der Waals surface area (Å²) >= 11 is 0. The number of rotatable bonds is 6. The molecule has 1 aromatic heterocycles. The van der Waals surface area contributed by atoms with Gasteiger partial charge in [-0.2, -0.15) is 0 Å². The number of para-hydroxylation sites is 1. The molecular formula is C63H45NO. The van der Waals surface area contributed by atoms with Gasteiger partial charge in [-0.25, -0.2) is 0 Å². The third-order valence-electron chi connectivity index (χ3n) is 14.7. The molecule has 0 saturated heterocycles. The van der Waals surface area contributed by atoms with Crippen molar-refractivity contribution in [3.63, 3.8) is 0 Å². The molecule has 0 radical (unpaired) electrons. The first-order valence-electron chi connectivity index (χ1n) is 22.8. The van der Waals surface area contributed by atoms with Crippen molar-refractivity contribution in [2.75, 3.05) is 4.90 Å². The van der Waals surface area contributed by atoms with Crippen LogP contribution in [-0.2, 0) is 10.8 Å². The molecule has 11 aromatic rings. The van der Waals surface area contributed by atoms with E-state index in [0.717, 1.165) is 55.5 Å². The average Bonchev–Trinajstić information content (AvgIpc) is 3.96. The average molecular weight is 832 g/mol. The monoisotopic (exact) mass is 831 g/mol. The van der Waals surface area contributed by atoms with E-state index in [9.17, 15) is 0 Å². The summed E-state index contributed by atoms with van der Waals surface area (Å²) in [6.07, 6.45) is 0. The number of hydrogen-bond acceptors (Lipinski definition) is 2. The summed E-state index contributed by atoms with van der Waals surface area (Å²) in [5.41, 5.74) is 21.3. The minimum Gasteiger partial charge on any atom is -0.455 e. The summed E-state index contributed by atoms with van der Waals surface area (Å²) in [5, 5.41) is 4.54. The number of anilines is 3. The van der Waals surface area contributed by atoms with Gasteiger partial charge in [0.05, 0.1) is 5.69 Å². The van der Waals surface area contributed by atoms with Gasteiger partial charge in [-0.3, -0.25) is 0 Å². The molecule has 2 heteroatoms. The highest BCUT2D eigenvalue weighted by Crippen LogP contribution is 2.56. The number of nitrogens with zero attached hydrogens (tertiary/aromatic N) is 1. The minimum absolute atomic E-state index is 0.121. The quantitative estimate of drug-likeness (QED) is 0.166. The van der Waals surface area contributed by atoms with Gasteiger partial charge in [0.2, 0.25) is 0 Å². The fraction of sp³-hybridized carbons (Fsp3) is 0.0794. The maximum absolute atomic E-state index is 6.75. The van der Waals surface area contributed by atoms with E-state index < -0.39 is 0 Å². The van der Waals surface area contributed by atoms with E-state index in [0.29, 0.717) is 0 Å². The normalized spacial score (nSPS) is 15.5. The summed E-state index contributed by atoms with van der Waals surface area (Å²) in [7, 11) is 0. The second-order valence-corrected chi connectivity index (χ2v) is 18.5. The van der Waals surface area contributed by atoms with Crippen molar-refractivity contribution in [3.8, 4) is 44.5 Å². The molecule has 2 aliphatic carbocycles. The molecule has 0 fully saturated rings. The predicted octanol–water partition coefficient (Wildman–Crippen LogP) is 17.2. The first-order valence-corrected chi connectivity index (χ1v) is 22.8. The van der Waals surface area contributed by atoms with Crippen molar-refractivity contribution in [2.45, 2.75) is 31.6 Å². The Bertz CT molecular complexity index is 3710. The fourth-order valence-corrected chi connectivity index (χ4v) is 11.7. The van der Waals surface area contributed by atoms with Gasteiger partial charge in [-0.05, 0) is 122 Å². The van der Waals surface area contributed by atoms with Crippen LogP contribution in [0.3, 0.4) is 0 Å². The van der Waals surface area contributed by atoms with Gasteiger partial charge < -0.3 is 9.32 Å². The molecule has 0 saturated carbocycles. The zero-order valence-electron chi connectivity index (χ0n) is 36.6. The molecule has 0 aliphatic heterocycles. The summed E-state index contributed by atoms with van der Waals surface area (Å²) < 4.78 is 6.75. The van der Waals surface area contributed by atoms with Crippen LogP contribution >= 0.6 is 0 Å². The molecule has 2 aliphatic rings. The highest BCUT2D eigenvalue weighted by atomic mass is 16.3. The van der Waals surface area contributed by atoms with Gasteiger partial charge in [0, 0.05) is 43.9 Å². The summed E-state index contributed by atoms with van der Waals surface area (Å²) in [6, 6.07) is 80.4. The lowest BCUT2D eigenvalue weighted by atomic mass is 9.74. The topological polar surface area (TPSA) is 16.4 Å². The molecule has 13 rings (SSSR count). The molecule has 0 amide bonds. The molecule has 0 bridgehead atoms. The fourth-order valence-electron chi connectivity index (χ4n) is 11.7. The van der Waals surface area contributed by atoms with Crippen LogP contribution in [0.15, 0.2) is 223 Å². The van der Waals surface area contributed by atoms with E-state index in [1.807, 2.05) is 0 Å². The smallest absolute Gasteiger partial charge is 0.143 e. The molecule has 10 aromatic carbocycles. The Balaban J connectivity index is 1.03. The van der Waals surface area contributed by atoms with Gasteiger partial charge in [-0.15, -0.1) is 0 Å². The minimum atomic E-state index is -0.347. The molecule has 0 N–H and O–H groups in total. The van der Waals surface area contributed by atoms with E-state index in [2.05, 4.69) is 244 Å². The summed E-state index contributed by atoms with van der Waals surface area (Å²) in [5.74, 6) is 0. The SMILES string of the molecule is CC1(C)c2ccccc2-c2cccc(-c3ccc(N(c4ccc5c(c4)C(C)(c4ccccc4)c4ccccc4-5)c4ccccc4-c4cccc5oc6c7ccccc7ccc6c45)cc3)c21. The van der Waals surface area contributed by atoms with Crippen molar-refractivity contribution >= 4 is 49.8 Å². The van der Waals surface area contributed by atoms with Crippen LogP contribution in [-0.4, -0.2) is 0 Å². The Kier molecular flexibility index (Phi) is 8.12. The standard InChI is InChI=1S/C63H45NO/c1-62(2)54-27-12-9-22-48(54)52-26-15-24-45(60(52)62)41-31-34-43(35-32-41)64(44-36-38-49-47-21-10-13-28-55(47)63(3,56(49)39-44)42-18-5-4-6-19-42)57-29-14-11-23-50(57)51-25-16-30-58-59(51)53-37-33-40-17-7-8-20-46(40)61(53)65-58/h4-39H,1-3H3.